The molecule has 2 aliphatic heterocycles. The van der Waals surface area contributed by atoms with Crippen LogP contribution in [0.15, 0.2) is 24.3 Å². The number of nitrogens with one attached hydrogen (secondary N) is 1. The lowest BCUT2D eigenvalue weighted by Crippen LogP contribution is -2.32. The van der Waals surface area contributed by atoms with Crippen molar-refractivity contribution in [1.29, 1.82) is 0 Å². The summed E-state index contributed by atoms with van der Waals surface area (Å²) in [6, 6.07) is 8.05. The first-order chi connectivity index (χ1) is 12.5. The molecule has 2 saturated heterocycles. The van der Waals surface area contributed by atoms with Crippen LogP contribution in [0.5, 0.6) is 0 Å². The van der Waals surface area contributed by atoms with E-state index in [-0.39, 0.29) is 18.2 Å². The van der Waals surface area contributed by atoms with Crippen molar-refractivity contribution in [2.24, 2.45) is 11.8 Å². The molecule has 1 unspecified atom stereocenters. The molecule has 0 bridgehead atoms. The molecule has 2 fully saturated rings. The average molecular weight is 357 g/mol. The minimum absolute atomic E-state index is 0.0925. The van der Waals surface area contributed by atoms with Crippen molar-refractivity contribution in [2.75, 3.05) is 36.4 Å². The molecule has 5 heteroatoms. The number of likely N-dealkylation sites (tertiary alicyclic amines) is 1. The van der Waals surface area contributed by atoms with Gasteiger partial charge in [-0.25, -0.2) is 0 Å². The maximum Gasteiger partial charge on any atom is 0.224 e. The highest BCUT2D eigenvalue weighted by molar-refractivity contribution is 5.93. The molecule has 1 N–H and O–H groups in total. The molecule has 1 atom stereocenters. The summed E-state index contributed by atoms with van der Waals surface area (Å²) in [7, 11) is 0. The highest BCUT2D eigenvalue weighted by Crippen LogP contribution is 2.24. The zero-order valence-corrected chi connectivity index (χ0v) is 16.0. The fourth-order valence-corrected chi connectivity index (χ4v) is 3.79. The van der Waals surface area contributed by atoms with Gasteiger partial charge in [0.1, 0.15) is 0 Å². The molecule has 2 aliphatic rings. The molecule has 0 radical (unpaired) electrons. The van der Waals surface area contributed by atoms with Crippen molar-refractivity contribution in [1.82, 2.24) is 4.90 Å². The lowest BCUT2D eigenvalue weighted by atomic mass is 9.99. The van der Waals surface area contributed by atoms with Crippen molar-refractivity contribution in [3.8, 4) is 0 Å². The summed E-state index contributed by atoms with van der Waals surface area (Å²) in [6.07, 6.45) is 4.09. The molecule has 5 nitrogen and oxygen atoms in total. The van der Waals surface area contributed by atoms with Crippen molar-refractivity contribution in [3.05, 3.63) is 24.3 Å². The summed E-state index contributed by atoms with van der Waals surface area (Å²) >= 11 is 0. The van der Waals surface area contributed by atoms with E-state index in [9.17, 15) is 9.59 Å². The molecule has 1 aromatic carbocycles. The molecule has 142 valence electrons. The van der Waals surface area contributed by atoms with Gasteiger partial charge in [0, 0.05) is 50.4 Å². The maximum absolute atomic E-state index is 12.1. The third-order valence-electron chi connectivity index (χ3n) is 5.64. The van der Waals surface area contributed by atoms with Crippen molar-refractivity contribution < 1.29 is 9.59 Å². The van der Waals surface area contributed by atoms with Crippen LogP contribution in [0.1, 0.15) is 46.0 Å². The van der Waals surface area contributed by atoms with Crippen LogP contribution < -0.4 is 10.2 Å². The second kappa shape index (κ2) is 8.56. The number of nitrogens with zero attached hydrogens (tertiary/aromatic N) is 2. The van der Waals surface area contributed by atoms with E-state index in [4.69, 9.17) is 0 Å². The lowest BCUT2D eigenvalue weighted by Gasteiger charge is -2.32. The number of carbonyl (C=O) groups is 2. The van der Waals surface area contributed by atoms with Crippen LogP contribution in [0.4, 0.5) is 11.4 Å². The summed E-state index contributed by atoms with van der Waals surface area (Å²) in [4.78, 5) is 28.5. The van der Waals surface area contributed by atoms with Gasteiger partial charge >= 0.3 is 0 Å². The van der Waals surface area contributed by atoms with Crippen LogP contribution in [-0.4, -0.2) is 42.9 Å². The normalized spacial score (nSPS) is 21.1. The summed E-state index contributed by atoms with van der Waals surface area (Å²) in [5, 5.41) is 2.91. The minimum atomic E-state index is -0.0925. The first kappa shape index (κ1) is 18.7. The molecule has 3 rings (SSSR count). The molecular formula is C21H31N3O2. The van der Waals surface area contributed by atoms with E-state index in [0.29, 0.717) is 12.3 Å². The Kier molecular flexibility index (Phi) is 6.17. The number of amides is 2. The third-order valence-corrected chi connectivity index (χ3v) is 5.64. The Balaban J connectivity index is 1.43. The number of hydrogen-bond donors (Lipinski definition) is 1. The second-order valence-electron chi connectivity index (χ2n) is 8.00. The van der Waals surface area contributed by atoms with Crippen molar-refractivity contribution in [3.63, 3.8) is 0 Å². The first-order valence-corrected chi connectivity index (χ1v) is 9.94. The van der Waals surface area contributed by atoms with E-state index in [1.165, 1.54) is 18.5 Å². The number of piperidine rings is 1. The van der Waals surface area contributed by atoms with Crippen LogP contribution in [0.25, 0.3) is 0 Å². The average Bonchev–Trinajstić information content (AvgIpc) is 3.08. The van der Waals surface area contributed by atoms with Gasteiger partial charge in [-0.3, -0.25) is 9.59 Å². The number of anilines is 2. The quantitative estimate of drug-likeness (QED) is 0.877. The molecule has 1 aromatic rings. The highest BCUT2D eigenvalue weighted by atomic mass is 16.2. The van der Waals surface area contributed by atoms with Gasteiger partial charge in [-0.05, 0) is 55.4 Å². The maximum atomic E-state index is 12.1. The third kappa shape index (κ3) is 4.99. The fourth-order valence-electron chi connectivity index (χ4n) is 3.79. The number of rotatable bonds is 5. The van der Waals surface area contributed by atoms with E-state index in [0.717, 1.165) is 44.2 Å². The summed E-state index contributed by atoms with van der Waals surface area (Å²) in [6.45, 7) is 8.34. The van der Waals surface area contributed by atoms with E-state index >= 15 is 0 Å². The van der Waals surface area contributed by atoms with Gasteiger partial charge < -0.3 is 15.1 Å². The fraction of sp³-hybridized carbons (Fsp3) is 0.619. The van der Waals surface area contributed by atoms with E-state index in [1.807, 2.05) is 17.0 Å². The smallest absolute Gasteiger partial charge is 0.224 e. The Hall–Kier alpha value is -2.04. The SMILES string of the molecule is CC1CCN(c2ccc(NC(=O)CCC(=O)N3CCC(C)C3)cc2)CC1. The van der Waals surface area contributed by atoms with E-state index in [1.54, 1.807) is 0 Å². The van der Waals surface area contributed by atoms with Gasteiger partial charge in [-0.1, -0.05) is 13.8 Å². The predicted octanol–water partition coefficient (Wildman–Crippen LogP) is 3.51. The molecular weight excluding hydrogens is 326 g/mol. The Bertz CT molecular complexity index is 621. The second-order valence-corrected chi connectivity index (χ2v) is 8.00. The zero-order chi connectivity index (χ0) is 18.5. The Morgan fingerprint density at radius 3 is 2.23 bits per heavy atom. The van der Waals surface area contributed by atoms with E-state index < -0.39 is 0 Å². The number of benzene rings is 1. The minimum Gasteiger partial charge on any atom is -0.372 e. The Labute approximate surface area is 156 Å². The number of hydrogen-bond acceptors (Lipinski definition) is 3. The van der Waals surface area contributed by atoms with Crippen LogP contribution in [0, 0.1) is 11.8 Å². The summed E-state index contributed by atoms with van der Waals surface area (Å²) in [5.41, 5.74) is 2.01. The predicted molar refractivity (Wildman–Crippen MR) is 105 cm³/mol. The monoisotopic (exact) mass is 357 g/mol. The summed E-state index contributed by atoms with van der Waals surface area (Å²) < 4.78 is 0. The molecule has 26 heavy (non-hydrogen) atoms. The molecule has 0 saturated carbocycles. The number of carbonyl (C=O) groups excluding carboxylic acids is 2. The van der Waals surface area contributed by atoms with Crippen LogP contribution in [-0.2, 0) is 9.59 Å². The lowest BCUT2D eigenvalue weighted by molar-refractivity contribution is -0.132. The standard InChI is InChI=1S/C21H31N3O2/c1-16-9-12-23(13-10-16)19-5-3-18(4-6-19)22-20(25)7-8-21(26)24-14-11-17(2)15-24/h3-6,16-17H,7-15H2,1-2H3,(H,22,25). The largest absolute Gasteiger partial charge is 0.372 e. The Morgan fingerprint density at radius 2 is 1.62 bits per heavy atom. The molecule has 2 heterocycles. The highest BCUT2D eigenvalue weighted by Gasteiger charge is 2.23. The summed E-state index contributed by atoms with van der Waals surface area (Å²) in [5.74, 6) is 1.40. The molecule has 0 spiro atoms. The van der Waals surface area contributed by atoms with E-state index in [2.05, 4.69) is 36.2 Å². The van der Waals surface area contributed by atoms with Gasteiger partial charge in [0.05, 0.1) is 0 Å². The van der Waals surface area contributed by atoms with Crippen LogP contribution in [0.2, 0.25) is 0 Å². The van der Waals surface area contributed by atoms with Gasteiger partial charge in [0.2, 0.25) is 11.8 Å². The van der Waals surface area contributed by atoms with Gasteiger partial charge in [-0.15, -0.1) is 0 Å². The topological polar surface area (TPSA) is 52.7 Å². The van der Waals surface area contributed by atoms with Gasteiger partial charge in [-0.2, -0.15) is 0 Å². The van der Waals surface area contributed by atoms with Crippen molar-refractivity contribution in [2.45, 2.75) is 46.0 Å². The first-order valence-electron chi connectivity index (χ1n) is 9.94. The van der Waals surface area contributed by atoms with Gasteiger partial charge in [0.15, 0.2) is 0 Å². The molecule has 2 amide bonds. The van der Waals surface area contributed by atoms with Crippen molar-refractivity contribution >= 4 is 23.2 Å². The van der Waals surface area contributed by atoms with Crippen LogP contribution >= 0.6 is 0 Å². The Morgan fingerprint density at radius 1 is 0.962 bits per heavy atom. The van der Waals surface area contributed by atoms with Crippen LogP contribution in [0.3, 0.4) is 0 Å². The molecule has 0 aromatic heterocycles. The van der Waals surface area contributed by atoms with Gasteiger partial charge in [0.25, 0.3) is 0 Å². The zero-order valence-electron chi connectivity index (χ0n) is 16.0. The molecule has 0 aliphatic carbocycles.